The molecule has 2 heterocycles. The zero-order valence-electron chi connectivity index (χ0n) is 16.0. The molecule has 1 fully saturated rings. The van der Waals surface area contributed by atoms with Gasteiger partial charge in [-0.25, -0.2) is 4.79 Å². The van der Waals surface area contributed by atoms with E-state index in [1.165, 1.54) is 27.0 Å². The molecule has 0 saturated carbocycles. The lowest BCUT2D eigenvalue weighted by atomic mass is 10.1. The summed E-state index contributed by atoms with van der Waals surface area (Å²) in [5.74, 6) is 0. The lowest BCUT2D eigenvalue weighted by Crippen LogP contribution is -2.39. The van der Waals surface area contributed by atoms with Gasteiger partial charge < -0.3 is 19.5 Å². The van der Waals surface area contributed by atoms with Crippen LogP contribution >= 0.6 is 7.60 Å². The van der Waals surface area contributed by atoms with Crippen molar-refractivity contribution in [3.05, 3.63) is 32.6 Å². The molecule has 0 spiro atoms. The maximum atomic E-state index is 12.3. The number of nitrogens with zero attached hydrogens (tertiary/aromatic N) is 1. The summed E-state index contributed by atoms with van der Waals surface area (Å²) >= 11 is 0. The molecule has 0 aromatic carbocycles. The topological polar surface area (TPSA) is 140 Å². The average molecular weight is 406 g/mol. The van der Waals surface area contributed by atoms with Crippen LogP contribution in [-0.4, -0.2) is 56.2 Å². The molecule has 5 atom stereocenters. The van der Waals surface area contributed by atoms with Crippen molar-refractivity contribution >= 4 is 7.60 Å². The van der Waals surface area contributed by atoms with Crippen LogP contribution in [0, 0.1) is 6.92 Å². The molecule has 154 valence electrons. The highest BCUT2D eigenvalue weighted by Gasteiger charge is 2.49. The lowest BCUT2D eigenvalue weighted by molar-refractivity contribution is -0.0768. The molecule has 2 unspecified atom stereocenters. The molecule has 1 aromatic rings. The molecule has 0 aliphatic carbocycles. The number of aryl methyl sites for hydroxylation is 1. The van der Waals surface area contributed by atoms with Crippen molar-refractivity contribution in [3.8, 4) is 0 Å². The molecule has 27 heavy (non-hydrogen) atoms. The normalized spacial score (nSPS) is 28.0. The van der Waals surface area contributed by atoms with Crippen LogP contribution in [0.2, 0.25) is 0 Å². The second-order valence-corrected chi connectivity index (χ2v) is 9.52. The highest BCUT2D eigenvalue weighted by atomic mass is 31.2. The second-order valence-electron chi connectivity index (χ2n) is 7.14. The Labute approximate surface area is 156 Å². The van der Waals surface area contributed by atoms with E-state index in [0.717, 1.165) is 4.57 Å². The summed E-state index contributed by atoms with van der Waals surface area (Å²) in [5.41, 5.74) is -1.75. The maximum absolute atomic E-state index is 12.3. The Bertz CT molecular complexity index is 817. The molecule has 0 radical (unpaired) electrons. The number of aromatic nitrogens is 2. The number of H-pyrrole nitrogens is 1. The summed E-state index contributed by atoms with van der Waals surface area (Å²) < 4.78 is 29.9. The minimum Gasteiger partial charge on any atom is -0.386 e. The van der Waals surface area contributed by atoms with Crippen LogP contribution < -0.4 is 11.2 Å². The van der Waals surface area contributed by atoms with Crippen LogP contribution in [0.5, 0.6) is 0 Å². The Morgan fingerprint density at radius 2 is 1.96 bits per heavy atom. The first-order valence-electron chi connectivity index (χ1n) is 8.72. The van der Waals surface area contributed by atoms with Crippen molar-refractivity contribution in [1.29, 1.82) is 0 Å². The fourth-order valence-electron chi connectivity index (χ4n) is 2.57. The summed E-state index contributed by atoms with van der Waals surface area (Å²) in [5, 5.41) is 10.7. The van der Waals surface area contributed by atoms with Gasteiger partial charge in [0.05, 0.1) is 18.4 Å². The van der Waals surface area contributed by atoms with Crippen molar-refractivity contribution in [2.24, 2.45) is 0 Å². The number of ether oxygens (including phenoxy) is 2. The summed E-state index contributed by atoms with van der Waals surface area (Å²) in [6.45, 7) is 8.15. The smallest absolute Gasteiger partial charge is 0.331 e. The molecule has 0 amide bonds. The predicted molar refractivity (Wildman–Crippen MR) is 96.9 cm³/mol. The average Bonchev–Trinajstić information content (AvgIpc) is 2.85. The van der Waals surface area contributed by atoms with Crippen LogP contribution in [0.25, 0.3) is 0 Å². The maximum Gasteiger partial charge on any atom is 0.331 e. The van der Waals surface area contributed by atoms with Crippen LogP contribution in [0.1, 0.15) is 39.5 Å². The molecule has 1 saturated heterocycles. The van der Waals surface area contributed by atoms with Crippen molar-refractivity contribution in [2.75, 3.05) is 6.61 Å². The van der Waals surface area contributed by atoms with Gasteiger partial charge in [0.2, 0.25) is 0 Å². The Balaban J connectivity index is 2.36. The molecular weight excluding hydrogens is 379 g/mol. The van der Waals surface area contributed by atoms with E-state index >= 15 is 0 Å². The van der Waals surface area contributed by atoms with Crippen LogP contribution in [0.4, 0.5) is 0 Å². The van der Waals surface area contributed by atoms with Gasteiger partial charge in [0, 0.05) is 11.8 Å². The largest absolute Gasteiger partial charge is 0.386 e. The van der Waals surface area contributed by atoms with Crippen LogP contribution in [0.3, 0.4) is 0 Å². The number of aliphatic hydroxyl groups is 1. The van der Waals surface area contributed by atoms with E-state index in [1.807, 2.05) is 0 Å². The van der Waals surface area contributed by atoms with Gasteiger partial charge >= 0.3 is 13.3 Å². The minimum absolute atomic E-state index is 0.00885. The Kier molecular flexibility index (Phi) is 6.83. The first-order chi connectivity index (χ1) is 12.4. The van der Waals surface area contributed by atoms with E-state index in [2.05, 4.69) is 4.98 Å². The van der Waals surface area contributed by atoms with E-state index < -0.39 is 49.0 Å². The summed E-state index contributed by atoms with van der Waals surface area (Å²) in [6.07, 6.45) is -3.58. The molecule has 0 bridgehead atoms. The molecule has 2 rings (SSSR count). The Morgan fingerprint density at radius 1 is 1.33 bits per heavy atom. The molecule has 1 aliphatic heterocycles. The highest BCUT2D eigenvalue weighted by Crippen LogP contribution is 2.51. The third-order valence-corrected chi connectivity index (χ3v) is 6.10. The predicted octanol–water partition coefficient (Wildman–Crippen LogP) is 0.507. The molecule has 10 nitrogen and oxygen atoms in total. The fourth-order valence-corrected chi connectivity index (χ4v) is 3.42. The van der Waals surface area contributed by atoms with Gasteiger partial charge in [0.25, 0.3) is 5.56 Å². The van der Waals surface area contributed by atoms with Gasteiger partial charge in [0.1, 0.15) is 18.3 Å². The number of rotatable bonds is 7. The van der Waals surface area contributed by atoms with Crippen LogP contribution in [0.15, 0.2) is 15.8 Å². The monoisotopic (exact) mass is 406 g/mol. The quantitative estimate of drug-likeness (QED) is 0.557. The molecular formula is C16H27N2O8P. The van der Waals surface area contributed by atoms with E-state index in [9.17, 15) is 24.2 Å². The number of aliphatic hydroxyl groups excluding tert-OH is 1. The van der Waals surface area contributed by atoms with Gasteiger partial charge in [-0.3, -0.25) is 23.4 Å². The SMILES string of the molecule is Cc1cn([C@@H]2O[C@H](COC(C)C)[C@H](OP(=O)(O)C(C)C)C2O)c(=O)[nH]c1=O. The zero-order chi connectivity index (χ0) is 20.5. The first-order valence-corrected chi connectivity index (χ1v) is 10.4. The standard InChI is InChI=1S/C16H27N2O8P/c1-8(2)24-7-11-13(26-27(22,23)9(3)4)12(19)15(25-11)18-6-10(5)14(20)17-16(18)21/h6,8-9,11-13,15,19H,7H2,1-5H3,(H,22,23)(H,17,20,21)/t11-,12?,13+,15-/m1/s1. The van der Waals surface area contributed by atoms with E-state index in [4.69, 9.17) is 14.0 Å². The van der Waals surface area contributed by atoms with Crippen molar-refractivity contribution in [1.82, 2.24) is 9.55 Å². The third-order valence-electron chi connectivity index (χ3n) is 4.25. The lowest BCUT2D eigenvalue weighted by Gasteiger charge is -2.25. The number of hydrogen-bond donors (Lipinski definition) is 3. The van der Waals surface area contributed by atoms with E-state index in [1.54, 1.807) is 13.8 Å². The first kappa shape index (κ1) is 22.0. The van der Waals surface area contributed by atoms with Crippen LogP contribution in [-0.2, 0) is 18.6 Å². The van der Waals surface area contributed by atoms with Gasteiger partial charge in [-0.15, -0.1) is 0 Å². The molecule has 1 aliphatic rings. The summed E-state index contributed by atoms with van der Waals surface area (Å²) in [4.78, 5) is 35.9. The van der Waals surface area contributed by atoms with E-state index in [-0.39, 0.29) is 18.3 Å². The van der Waals surface area contributed by atoms with Gasteiger partial charge in [-0.05, 0) is 20.8 Å². The number of aromatic amines is 1. The molecule has 1 aromatic heterocycles. The van der Waals surface area contributed by atoms with Gasteiger partial charge in [-0.1, -0.05) is 13.8 Å². The fraction of sp³-hybridized carbons (Fsp3) is 0.750. The third kappa shape index (κ3) is 4.96. The van der Waals surface area contributed by atoms with Crippen molar-refractivity contribution in [2.45, 2.75) is 70.9 Å². The van der Waals surface area contributed by atoms with E-state index in [0.29, 0.717) is 0 Å². The van der Waals surface area contributed by atoms with Gasteiger partial charge in [-0.2, -0.15) is 0 Å². The second kappa shape index (κ2) is 8.38. The van der Waals surface area contributed by atoms with Crippen molar-refractivity contribution in [3.63, 3.8) is 0 Å². The number of nitrogens with one attached hydrogen (secondary N) is 1. The minimum atomic E-state index is -4.02. The number of hydrogen-bond acceptors (Lipinski definition) is 7. The van der Waals surface area contributed by atoms with Gasteiger partial charge in [0.15, 0.2) is 6.23 Å². The molecule has 11 heteroatoms. The molecule has 3 N–H and O–H groups in total. The summed E-state index contributed by atoms with van der Waals surface area (Å²) in [6, 6.07) is 0. The summed E-state index contributed by atoms with van der Waals surface area (Å²) in [7, 11) is -4.02. The highest BCUT2D eigenvalue weighted by molar-refractivity contribution is 7.53. The van der Waals surface area contributed by atoms with Crippen molar-refractivity contribution < 1.29 is 28.6 Å². The Morgan fingerprint density at radius 3 is 2.52 bits per heavy atom. The zero-order valence-corrected chi connectivity index (χ0v) is 16.9. The Hall–Kier alpha value is -1.29.